The summed E-state index contributed by atoms with van der Waals surface area (Å²) in [6.07, 6.45) is 1.00. The SMILES string of the molecule is CCn1nc(CC(C)(C)CNC(C)C)c2ccccc21. The lowest BCUT2D eigenvalue weighted by Crippen LogP contribution is -2.35. The summed E-state index contributed by atoms with van der Waals surface area (Å²) >= 11 is 0. The maximum atomic E-state index is 4.81. The molecule has 3 heteroatoms. The molecule has 0 aliphatic carbocycles. The summed E-state index contributed by atoms with van der Waals surface area (Å²) in [6.45, 7) is 13.1. The predicted molar refractivity (Wildman–Crippen MR) is 86.0 cm³/mol. The van der Waals surface area contributed by atoms with E-state index in [9.17, 15) is 0 Å². The fraction of sp³-hybridized carbons (Fsp3) is 0.588. The molecule has 2 rings (SSSR count). The zero-order chi connectivity index (χ0) is 14.8. The second-order valence-corrected chi connectivity index (χ2v) is 6.66. The van der Waals surface area contributed by atoms with Crippen molar-refractivity contribution < 1.29 is 0 Å². The lowest BCUT2D eigenvalue weighted by atomic mass is 9.86. The highest BCUT2D eigenvalue weighted by atomic mass is 15.3. The number of aryl methyl sites for hydroxylation is 1. The molecule has 1 aromatic heterocycles. The first kappa shape index (κ1) is 15.0. The van der Waals surface area contributed by atoms with Crippen LogP contribution in [0.4, 0.5) is 0 Å². The van der Waals surface area contributed by atoms with Crippen LogP contribution in [0.25, 0.3) is 10.9 Å². The minimum Gasteiger partial charge on any atom is -0.314 e. The number of nitrogens with zero attached hydrogens (tertiary/aromatic N) is 2. The molecule has 0 fully saturated rings. The van der Waals surface area contributed by atoms with Crippen molar-refractivity contribution in [3.63, 3.8) is 0 Å². The molecule has 0 atom stereocenters. The maximum Gasteiger partial charge on any atom is 0.0709 e. The van der Waals surface area contributed by atoms with E-state index in [0.717, 1.165) is 19.5 Å². The molecular formula is C17H27N3. The van der Waals surface area contributed by atoms with Crippen molar-refractivity contribution >= 4 is 10.9 Å². The van der Waals surface area contributed by atoms with Gasteiger partial charge in [0.2, 0.25) is 0 Å². The van der Waals surface area contributed by atoms with Crippen LogP contribution in [0.3, 0.4) is 0 Å². The number of aromatic nitrogens is 2. The Morgan fingerprint density at radius 2 is 1.95 bits per heavy atom. The molecule has 20 heavy (non-hydrogen) atoms. The number of fused-ring (bicyclic) bond motifs is 1. The summed E-state index contributed by atoms with van der Waals surface area (Å²) < 4.78 is 2.11. The monoisotopic (exact) mass is 273 g/mol. The van der Waals surface area contributed by atoms with E-state index in [-0.39, 0.29) is 5.41 Å². The predicted octanol–water partition coefficient (Wildman–Crippen LogP) is 3.62. The molecule has 1 aromatic carbocycles. The van der Waals surface area contributed by atoms with Crippen molar-refractivity contribution in [1.82, 2.24) is 15.1 Å². The highest BCUT2D eigenvalue weighted by Gasteiger charge is 2.22. The Morgan fingerprint density at radius 3 is 2.60 bits per heavy atom. The highest BCUT2D eigenvalue weighted by molar-refractivity contribution is 5.82. The zero-order valence-electron chi connectivity index (χ0n) is 13.4. The van der Waals surface area contributed by atoms with Crippen LogP contribution in [0.1, 0.15) is 40.3 Å². The third-order valence-electron chi connectivity index (χ3n) is 3.67. The Bertz CT molecular complexity index is 567. The van der Waals surface area contributed by atoms with Gasteiger partial charge in [-0.1, -0.05) is 45.9 Å². The standard InChI is InChI=1S/C17H27N3/c1-6-20-16-10-8-7-9-14(16)15(19-20)11-17(4,5)12-18-13(2)3/h7-10,13,18H,6,11-12H2,1-5H3. The van der Waals surface area contributed by atoms with Crippen molar-refractivity contribution in [2.24, 2.45) is 5.41 Å². The van der Waals surface area contributed by atoms with Gasteiger partial charge in [0.05, 0.1) is 11.2 Å². The van der Waals surface area contributed by atoms with Crippen LogP contribution in [-0.2, 0) is 13.0 Å². The molecule has 3 nitrogen and oxygen atoms in total. The molecule has 2 aromatic rings. The van der Waals surface area contributed by atoms with Gasteiger partial charge in [0.15, 0.2) is 0 Å². The van der Waals surface area contributed by atoms with Crippen molar-refractivity contribution in [2.45, 2.75) is 53.6 Å². The first-order valence-corrected chi connectivity index (χ1v) is 7.61. The smallest absolute Gasteiger partial charge is 0.0709 e. The number of benzene rings is 1. The lowest BCUT2D eigenvalue weighted by molar-refractivity contribution is 0.322. The van der Waals surface area contributed by atoms with E-state index in [1.165, 1.54) is 16.6 Å². The van der Waals surface area contributed by atoms with Gasteiger partial charge >= 0.3 is 0 Å². The van der Waals surface area contributed by atoms with E-state index >= 15 is 0 Å². The first-order chi connectivity index (χ1) is 9.43. The van der Waals surface area contributed by atoms with Crippen LogP contribution in [0.15, 0.2) is 24.3 Å². The molecule has 0 bridgehead atoms. The molecule has 1 N–H and O–H groups in total. The van der Waals surface area contributed by atoms with Crippen molar-refractivity contribution in [2.75, 3.05) is 6.54 Å². The molecular weight excluding hydrogens is 246 g/mol. The molecule has 0 saturated heterocycles. The topological polar surface area (TPSA) is 29.9 Å². The van der Waals surface area contributed by atoms with Crippen LogP contribution in [0.2, 0.25) is 0 Å². The summed E-state index contributed by atoms with van der Waals surface area (Å²) in [4.78, 5) is 0. The Labute approximate surface area is 122 Å². The molecule has 0 aliphatic rings. The van der Waals surface area contributed by atoms with E-state index in [1.807, 2.05) is 0 Å². The molecule has 0 unspecified atom stereocenters. The molecule has 0 saturated carbocycles. The second-order valence-electron chi connectivity index (χ2n) is 6.66. The molecule has 110 valence electrons. The van der Waals surface area contributed by atoms with Crippen LogP contribution >= 0.6 is 0 Å². The summed E-state index contributed by atoms with van der Waals surface area (Å²) in [7, 11) is 0. The summed E-state index contributed by atoms with van der Waals surface area (Å²) in [5.41, 5.74) is 2.68. The molecule has 0 spiro atoms. The Kier molecular flexibility index (Phi) is 4.48. The van der Waals surface area contributed by atoms with Gasteiger partial charge in [-0.3, -0.25) is 4.68 Å². The van der Waals surface area contributed by atoms with E-state index in [1.54, 1.807) is 0 Å². The molecule has 1 heterocycles. The van der Waals surface area contributed by atoms with Crippen LogP contribution in [0, 0.1) is 5.41 Å². The Balaban J connectivity index is 2.25. The van der Waals surface area contributed by atoms with E-state index in [0.29, 0.717) is 6.04 Å². The fourth-order valence-corrected chi connectivity index (χ4v) is 2.56. The third kappa shape index (κ3) is 3.40. The molecule has 0 amide bonds. The lowest BCUT2D eigenvalue weighted by Gasteiger charge is -2.25. The van der Waals surface area contributed by atoms with Crippen LogP contribution in [-0.4, -0.2) is 22.4 Å². The zero-order valence-corrected chi connectivity index (χ0v) is 13.4. The minimum atomic E-state index is 0.208. The Hall–Kier alpha value is -1.35. The van der Waals surface area contributed by atoms with Gasteiger partial charge in [-0.2, -0.15) is 5.10 Å². The number of nitrogens with one attached hydrogen (secondary N) is 1. The average Bonchev–Trinajstić information content (AvgIpc) is 2.75. The van der Waals surface area contributed by atoms with Crippen molar-refractivity contribution in [3.05, 3.63) is 30.0 Å². The Morgan fingerprint density at radius 1 is 1.25 bits per heavy atom. The van der Waals surface area contributed by atoms with Crippen LogP contribution in [0.5, 0.6) is 0 Å². The third-order valence-corrected chi connectivity index (χ3v) is 3.67. The van der Waals surface area contributed by atoms with Gasteiger partial charge < -0.3 is 5.32 Å². The largest absolute Gasteiger partial charge is 0.314 e. The number of para-hydroxylation sites is 1. The van der Waals surface area contributed by atoms with Gasteiger partial charge in [0, 0.05) is 24.5 Å². The van der Waals surface area contributed by atoms with Gasteiger partial charge in [0.1, 0.15) is 0 Å². The van der Waals surface area contributed by atoms with Gasteiger partial charge in [-0.05, 0) is 24.8 Å². The quantitative estimate of drug-likeness (QED) is 0.871. The summed E-state index contributed by atoms with van der Waals surface area (Å²) in [6, 6.07) is 9.07. The van der Waals surface area contributed by atoms with E-state index in [4.69, 9.17) is 5.10 Å². The van der Waals surface area contributed by atoms with Crippen molar-refractivity contribution in [1.29, 1.82) is 0 Å². The second kappa shape index (κ2) is 5.96. The van der Waals surface area contributed by atoms with Gasteiger partial charge in [0.25, 0.3) is 0 Å². The first-order valence-electron chi connectivity index (χ1n) is 7.61. The number of rotatable bonds is 6. The molecule has 0 aliphatic heterocycles. The minimum absolute atomic E-state index is 0.208. The summed E-state index contributed by atoms with van der Waals surface area (Å²) in [5.74, 6) is 0. The van der Waals surface area contributed by atoms with Crippen molar-refractivity contribution in [3.8, 4) is 0 Å². The number of hydrogen-bond donors (Lipinski definition) is 1. The highest BCUT2D eigenvalue weighted by Crippen LogP contribution is 2.26. The normalized spacial score (nSPS) is 12.5. The summed E-state index contributed by atoms with van der Waals surface area (Å²) in [5, 5.41) is 9.65. The average molecular weight is 273 g/mol. The maximum absolute atomic E-state index is 4.81. The number of hydrogen-bond acceptors (Lipinski definition) is 2. The van der Waals surface area contributed by atoms with E-state index < -0.39 is 0 Å². The van der Waals surface area contributed by atoms with Gasteiger partial charge in [-0.25, -0.2) is 0 Å². The van der Waals surface area contributed by atoms with Crippen LogP contribution < -0.4 is 5.32 Å². The van der Waals surface area contributed by atoms with Gasteiger partial charge in [-0.15, -0.1) is 0 Å². The fourth-order valence-electron chi connectivity index (χ4n) is 2.56. The van der Waals surface area contributed by atoms with E-state index in [2.05, 4.69) is 68.9 Å². The molecule has 0 radical (unpaired) electrons.